The molecule has 3 unspecified atom stereocenters. The number of morpholine rings is 1. The van der Waals surface area contributed by atoms with E-state index in [0.717, 1.165) is 6.42 Å². The molecule has 1 fully saturated rings. The summed E-state index contributed by atoms with van der Waals surface area (Å²) in [5.74, 6) is -0.327. The van der Waals surface area contributed by atoms with Crippen LogP contribution < -0.4 is 11.5 Å². The highest BCUT2D eigenvalue weighted by Crippen LogP contribution is 2.30. The van der Waals surface area contributed by atoms with Crippen LogP contribution >= 0.6 is 0 Å². The molecule has 5 heteroatoms. The predicted molar refractivity (Wildman–Crippen MR) is 72.0 cm³/mol. The van der Waals surface area contributed by atoms with Gasteiger partial charge in [-0.1, -0.05) is 27.7 Å². The number of carbonyl (C=O) groups is 1. The van der Waals surface area contributed by atoms with E-state index >= 15 is 0 Å². The molecule has 0 aromatic rings. The molecule has 3 atom stereocenters. The van der Waals surface area contributed by atoms with Gasteiger partial charge in [-0.2, -0.15) is 0 Å². The lowest BCUT2D eigenvalue weighted by Gasteiger charge is -2.47. The Hall–Kier alpha value is -0.650. The fourth-order valence-electron chi connectivity index (χ4n) is 2.80. The maximum absolute atomic E-state index is 11.6. The van der Waals surface area contributed by atoms with E-state index in [0.29, 0.717) is 19.8 Å². The highest BCUT2D eigenvalue weighted by molar-refractivity contribution is 5.80. The SMILES string of the molecule is CCC(N)C(N1CCOCC1C(N)=O)C(C)(C)C. The number of hydrogen-bond acceptors (Lipinski definition) is 4. The number of amides is 1. The van der Waals surface area contributed by atoms with Crippen molar-refractivity contribution in [1.82, 2.24) is 4.90 Å². The average molecular weight is 257 g/mol. The number of primary amides is 1. The minimum atomic E-state index is -0.361. The minimum Gasteiger partial charge on any atom is -0.378 e. The molecule has 1 rings (SSSR count). The first kappa shape index (κ1) is 15.4. The quantitative estimate of drug-likeness (QED) is 0.760. The molecule has 0 radical (unpaired) electrons. The summed E-state index contributed by atoms with van der Waals surface area (Å²) in [5.41, 5.74) is 11.7. The molecule has 1 heterocycles. The van der Waals surface area contributed by atoms with Crippen molar-refractivity contribution in [2.24, 2.45) is 16.9 Å². The number of nitrogens with zero attached hydrogens (tertiary/aromatic N) is 1. The standard InChI is InChI=1S/C13H27N3O2/c1-5-9(14)11(13(2,3)4)16-6-7-18-8-10(16)12(15)17/h9-11H,5-8,14H2,1-4H3,(H2,15,17). The molecule has 1 aliphatic rings. The zero-order valence-corrected chi connectivity index (χ0v) is 12.0. The molecular formula is C13H27N3O2. The average Bonchev–Trinajstić information content (AvgIpc) is 2.27. The number of hydrogen-bond donors (Lipinski definition) is 2. The smallest absolute Gasteiger partial charge is 0.237 e. The van der Waals surface area contributed by atoms with E-state index in [1.54, 1.807) is 0 Å². The van der Waals surface area contributed by atoms with Gasteiger partial charge in [0, 0.05) is 18.6 Å². The van der Waals surface area contributed by atoms with E-state index in [1.807, 2.05) is 0 Å². The molecule has 1 amide bonds. The predicted octanol–water partition coefficient (Wildman–Crippen LogP) is 0.325. The Morgan fingerprint density at radius 3 is 2.56 bits per heavy atom. The van der Waals surface area contributed by atoms with Crippen LogP contribution in [0.5, 0.6) is 0 Å². The fraction of sp³-hybridized carbons (Fsp3) is 0.923. The molecule has 4 N–H and O–H groups in total. The first-order valence-electron chi connectivity index (χ1n) is 6.67. The van der Waals surface area contributed by atoms with Gasteiger partial charge in [0.05, 0.1) is 13.2 Å². The van der Waals surface area contributed by atoms with Gasteiger partial charge in [-0.15, -0.1) is 0 Å². The molecule has 18 heavy (non-hydrogen) atoms. The molecule has 0 spiro atoms. The Labute approximate surface area is 110 Å². The van der Waals surface area contributed by atoms with Crippen LogP contribution in [0.25, 0.3) is 0 Å². The van der Waals surface area contributed by atoms with Gasteiger partial charge < -0.3 is 16.2 Å². The van der Waals surface area contributed by atoms with E-state index in [1.165, 1.54) is 0 Å². The van der Waals surface area contributed by atoms with Crippen molar-refractivity contribution < 1.29 is 9.53 Å². The maximum atomic E-state index is 11.6. The van der Waals surface area contributed by atoms with Gasteiger partial charge in [-0.05, 0) is 11.8 Å². The summed E-state index contributed by atoms with van der Waals surface area (Å²) in [4.78, 5) is 13.7. The lowest BCUT2D eigenvalue weighted by atomic mass is 9.79. The van der Waals surface area contributed by atoms with Crippen LogP contribution in [0.2, 0.25) is 0 Å². The summed E-state index contributed by atoms with van der Waals surface area (Å²) in [6, 6.07) is -0.200. The second kappa shape index (κ2) is 5.99. The summed E-state index contributed by atoms with van der Waals surface area (Å²) >= 11 is 0. The van der Waals surface area contributed by atoms with Gasteiger partial charge in [0.15, 0.2) is 0 Å². The van der Waals surface area contributed by atoms with Crippen LogP contribution in [0.1, 0.15) is 34.1 Å². The van der Waals surface area contributed by atoms with Crippen molar-refractivity contribution in [3.63, 3.8) is 0 Å². The van der Waals surface area contributed by atoms with Crippen LogP contribution in [0, 0.1) is 5.41 Å². The van der Waals surface area contributed by atoms with Crippen LogP contribution in [-0.2, 0) is 9.53 Å². The Morgan fingerprint density at radius 1 is 1.50 bits per heavy atom. The molecule has 5 nitrogen and oxygen atoms in total. The highest BCUT2D eigenvalue weighted by Gasteiger charge is 2.41. The topological polar surface area (TPSA) is 81.6 Å². The monoisotopic (exact) mass is 257 g/mol. The fourth-order valence-corrected chi connectivity index (χ4v) is 2.80. The molecule has 0 aromatic heterocycles. The van der Waals surface area contributed by atoms with Crippen LogP contribution in [0.3, 0.4) is 0 Å². The van der Waals surface area contributed by atoms with Crippen LogP contribution in [0.15, 0.2) is 0 Å². The zero-order valence-electron chi connectivity index (χ0n) is 12.0. The van der Waals surface area contributed by atoms with E-state index in [9.17, 15) is 4.79 Å². The van der Waals surface area contributed by atoms with Gasteiger partial charge in [-0.25, -0.2) is 0 Å². The Kier molecular flexibility index (Phi) is 5.13. The number of rotatable bonds is 4. The lowest BCUT2D eigenvalue weighted by molar-refractivity contribution is -0.134. The first-order chi connectivity index (χ1) is 8.29. The van der Waals surface area contributed by atoms with E-state index in [-0.39, 0.29) is 29.4 Å². The summed E-state index contributed by atoms with van der Waals surface area (Å²) < 4.78 is 5.37. The maximum Gasteiger partial charge on any atom is 0.237 e. The molecule has 106 valence electrons. The molecule has 1 saturated heterocycles. The van der Waals surface area contributed by atoms with Crippen molar-refractivity contribution >= 4 is 5.91 Å². The summed E-state index contributed by atoms with van der Waals surface area (Å²) in [5, 5.41) is 0. The largest absolute Gasteiger partial charge is 0.378 e. The molecule has 0 aromatic carbocycles. The lowest BCUT2D eigenvalue weighted by Crippen LogP contribution is -2.64. The second-order valence-corrected chi connectivity index (χ2v) is 6.11. The van der Waals surface area contributed by atoms with Gasteiger partial charge in [0.25, 0.3) is 0 Å². The number of carbonyl (C=O) groups excluding carboxylic acids is 1. The number of nitrogens with two attached hydrogens (primary N) is 2. The molecule has 0 aliphatic carbocycles. The summed E-state index contributed by atoms with van der Waals surface area (Å²) in [7, 11) is 0. The van der Waals surface area contributed by atoms with Gasteiger partial charge in [0.1, 0.15) is 6.04 Å². The van der Waals surface area contributed by atoms with Gasteiger partial charge >= 0.3 is 0 Å². The van der Waals surface area contributed by atoms with Crippen LogP contribution in [-0.4, -0.2) is 48.7 Å². The van der Waals surface area contributed by atoms with Crippen molar-refractivity contribution in [2.45, 2.75) is 52.2 Å². The molecular weight excluding hydrogens is 230 g/mol. The van der Waals surface area contributed by atoms with Crippen molar-refractivity contribution in [1.29, 1.82) is 0 Å². The van der Waals surface area contributed by atoms with Crippen molar-refractivity contribution in [3.05, 3.63) is 0 Å². The summed E-state index contributed by atoms with van der Waals surface area (Å²) in [6.45, 7) is 10.2. The van der Waals surface area contributed by atoms with Crippen molar-refractivity contribution in [3.8, 4) is 0 Å². The zero-order chi connectivity index (χ0) is 13.9. The highest BCUT2D eigenvalue weighted by atomic mass is 16.5. The Balaban J connectivity index is 2.98. The molecule has 0 bridgehead atoms. The molecule has 1 aliphatic heterocycles. The van der Waals surface area contributed by atoms with Crippen LogP contribution in [0.4, 0.5) is 0 Å². The molecule has 0 saturated carbocycles. The normalized spacial score (nSPS) is 25.7. The third kappa shape index (κ3) is 3.43. The Morgan fingerprint density at radius 2 is 2.11 bits per heavy atom. The van der Waals surface area contributed by atoms with E-state index < -0.39 is 0 Å². The first-order valence-corrected chi connectivity index (χ1v) is 6.67. The third-order valence-corrected chi connectivity index (χ3v) is 3.62. The van der Waals surface area contributed by atoms with Crippen molar-refractivity contribution in [2.75, 3.05) is 19.8 Å². The van der Waals surface area contributed by atoms with Gasteiger partial charge in [0.2, 0.25) is 5.91 Å². The third-order valence-electron chi connectivity index (χ3n) is 3.62. The van der Waals surface area contributed by atoms with E-state index in [2.05, 4.69) is 32.6 Å². The minimum absolute atomic E-state index is 0.000463. The number of ether oxygens (including phenoxy) is 1. The Bertz CT molecular complexity index is 288. The second-order valence-electron chi connectivity index (χ2n) is 6.11. The summed E-state index contributed by atoms with van der Waals surface area (Å²) in [6.07, 6.45) is 0.880. The van der Waals surface area contributed by atoms with Gasteiger partial charge in [-0.3, -0.25) is 9.69 Å². The van der Waals surface area contributed by atoms with E-state index in [4.69, 9.17) is 16.2 Å².